The number of carbonyl (C=O) groups is 1. The van der Waals surface area contributed by atoms with Gasteiger partial charge in [0.2, 0.25) is 11.0 Å². The summed E-state index contributed by atoms with van der Waals surface area (Å²) in [6.45, 7) is 2.57. The second-order valence-corrected chi connectivity index (χ2v) is 10.1. The number of hydrazone groups is 1. The quantitative estimate of drug-likeness (QED) is 0.130. The average Bonchev–Trinajstić information content (AvgIpc) is 3.24. The Labute approximate surface area is 209 Å². The average molecular weight is 541 g/mol. The fourth-order valence-electron chi connectivity index (χ4n) is 3.02. The molecule has 0 atom stereocenters. The normalized spacial score (nSPS) is 11.2. The largest absolute Gasteiger partial charge is 0.494 e. The van der Waals surface area contributed by atoms with E-state index in [0.29, 0.717) is 23.9 Å². The van der Waals surface area contributed by atoms with E-state index in [0.717, 1.165) is 30.9 Å². The lowest BCUT2D eigenvalue weighted by atomic mass is 10.2. The van der Waals surface area contributed by atoms with Crippen molar-refractivity contribution in [1.29, 1.82) is 0 Å². The number of fused-ring (bicyclic) bond motifs is 1. The molecule has 0 aliphatic heterocycles. The Morgan fingerprint density at radius 1 is 1.15 bits per heavy atom. The molecule has 8 heteroatoms. The number of hydrogen-bond acceptors (Lipinski definition) is 6. The monoisotopic (exact) mass is 539 g/mol. The summed E-state index contributed by atoms with van der Waals surface area (Å²) >= 11 is 6.60. The van der Waals surface area contributed by atoms with E-state index in [1.807, 2.05) is 79.7 Å². The minimum absolute atomic E-state index is 0.0984. The number of benzene rings is 3. The van der Waals surface area contributed by atoms with Crippen molar-refractivity contribution in [2.24, 2.45) is 5.10 Å². The van der Waals surface area contributed by atoms with Crippen molar-refractivity contribution in [2.75, 3.05) is 17.4 Å². The van der Waals surface area contributed by atoms with Crippen LogP contribution >= 0.6 is 39.0 Å². The third kappa shape index (κ3) is 6.43. The van der Waals surface area contributed by atoms with Crippen LogP contribution in [-0.2, 0) is 4.79 Å². The standard InChI is InChI=1S/C25H22BrN3O2S2/c1-2-31-20-11-8-18(9-12-20)17-27-29(24(30)14-15-32-21-6-4-3-5-7-21)25-28-22-13-10-19(26)16-23(22)33-25/h3-13,16-17H,2,14-15H2,1H3/b27-17+. The Morgan fingerprint density at radius 2 is 1.94 bits per heavy atom. The minimum Gasteiger partial charge on any atom is -0.494 e. The Hall–Kier alpha value is -2.68. The first kappa shape index (κ1) is 23.5. The number of aromatic nitrogens is 1. The molecule has 1 amide bonds. The first-order valence-electron chi connectivity index (χ1n) is 10.5. The van der Waals surface area contributed by atoms with Crippen LogP contribution < -0.4 is 9.75 Å². The maximum atomic E-state index is 13.2. The van der Waals surface area contributed by atoms with Crippen molar-refractivity contribution in [3.8, 4) is 5.75 Å². The predicted molar refractivity (Wildman–Crippen MR) is 142 cm³/mol. The number of nitrogens with zero attached hydrogens (tertiary/aromatic N) is 3. The molecule has 4 aromatic rings. The van der Waals surface area contributed by atoms with Gasteiger partial charge in [0.25, 0.3) is 0 Å². The van der Waals surface area contributed by atoms with E-state index in [4.69, 9.17) is 4.74 Å². The predicted octanol–water partition coefficient (Wildman–Crippen LogP) is 7.01. The van der Waals surface area contributed by atoms with Gasteiger partial charge in [0.1, 0.15) is 5.75 Å². The molecule has 1 heterocycles. The van der Waals surface area contributed by atoms with Crippen LogP contribution in [0.15, 0.2) is 87.3 Å². The first-order valence-corrected chi connectivity index (χ1v) is 13.1. The van der Waals surface area contributed by atoms with Crippen molar-refractivity contribution in [1.82, 2.24) is 4.98 Å². The Kier molecular flexibility index (Phi) is 8.15. The van der Waals surface area contributed by atoms with Crippen molar-refractivity contribution in [3.63, 3.8) is 0 Å². The molecule has 0 N–H and O–H groups in total. The van der Waals surface area contributed by atoms with Crippen molar-refractivity contribution >= 4 is 66.5 Å². The SMILES string of the molecule is CCOc1ccc(/C=N/N(C(=O)CCSc2ccccc2)c2nc3ccc(Br)cc3s2)cc1. The summed E-state index contributed by atoms with van der Waals surface area (Å²) in [6.07, 6.45) is 2.03. The van der Waals surface area contributed by atoms with Crippen LogP contribution in [0.25, 0.3) is 10.2 Å². The molecule has 5 nitrogen and oxygen atoms in total. The fourth-order valence-corrected chi connectivity index (χ4v) is 5.37. The third-order valence-corrected chi connectivity index (χ3v) is 7.10. The molecule has 1 aromatic heterocycles. The van der Waals surface area contributed by atoms with Gasteiger partial charge in [-0.2, -0.15) is 10.1 Å². The molecule has 0 fully saturated rings. The van der Waals surface area contributed by atoms with E-state index in [-0.39, 0.29) is 5.91 Å². The number of carbonyl (C=O) groups excluding carboxylic acids is 1. The highest BCUT2D eigenvalue weighted by Gasteiger charge is 2.19. The molecular weight excluding hydrogens is 518 g/mol. The van der Waals surface area contributed by atoms with Gasteiger partial charge in [-0.05, 0) is 67.1 Å². The topological polar surface area (TPSA) is 54.8 Å². The number of halogens is 1. The van der Waals surface area contributed by atoms with Gasteiger partial charge in [0, 0.05) is 21.5 Å². The van der Waals surface area contributed by atoms with Crippen molar-refractivity contribution in [2.45, 2.75) is 18.2 Å². The molecule has 0 saturated carbocycles. The van der Waals surface area contributed by atoms with Gasteiger partial charge >= 0.3 is 0 Å². The molecule has 0 aliphatic carbocycles. The molecule has 0 unspecified atom stereocenters. The molecule has 0 spiro atoms. The Balaban J connectivity index is 1.54. The maximum absolute atomic E-state index is 13.2. The summed E-state index contributed by atoms with van der Waals surface area (Å²) < 4.78 is 7.46. The number of hydrogen-bond donors (Lipinski definition) is 0. The van der Waals surface area contributed by atoms with Crippen molar-refractivity contribution < 1.29 is 9.53 Å². The van der Waals surface area contributed by atoms with E-state index in [1.54, 1.807) is 18.0 Å². The number of thioether (sulfide) groups is 1. The number of amides is 1. The molecule has 0 saturated heterocycles. The summed E-state index contributed by atoms with van der Waals surface area (Å²) in [7, 11) is 0. The highest BCUT2D eigenvalue weighted by molar-refractivity contribution is 9.10. The van der Waals surface area contributed by atoms with Gasteiger partial charge in [0.05, 0.1) is 23.0 Å². The number of ether oxygens (including phenoxy) is 1. The van der Waals surface area contributed by atoms with E-state index >= 15 is 0 Å². The van der Waals surface area contributed by atoms with Gasteiger partial charge in [0.15, 0.2) is 0 Å². The van der Waals surface area contributed by atoms with Crippen LogP contribution in [-0.4, -0.2) is 29.5 Å². The molecule has 33 heavy (non-hydrogen) atoms. The Morgan fingerprint density at radius 3 is 2.70 bits per heavy atom. The Bertz CT molecular complexity index is 1240. The summed E-state index contributed by atoms with van der Waals surface area (Å²) in [5.74, 6) is 1.37. The third-order valence-electron chi connectivity index (χ3n) is 4.60. The minimum atomic E-state index is -0.0984. The molecule has 4 rings (SSSR count). The van der Waals surface area contributed by atoms with Crippen LogP contribution in [0, 0.1) is 0 Å². The van der Waals surface area contributed by atoms with Gasteiger partial charge in [-0.1, -0.05) is 45.5 Å². The molecule has 0 radical (unpaired) electrons. The first-order chi connectivity index (χ1) is 16.1. The molecule has 168 valence electrons. The van der Waals surface area contributed by atoms with E-state index in [1.165, 1.54) is 16.3 Å². The molecule has 3 aromatic carbocycles. The lowest BCUT2D eigenvalue weighted by Crippen LogP contribution is -2.25. The number of anilines is 1. The number of rotatable bonds is 9. The molecule has 0 bridgehead atoms. The van der Waals surface area contributed by atoms with Gasteiger partial charge in [-0.25, -0.2) is 4.98 Å². The number of thiazole rings is 1. The zero-order chi connectivity index (χ0) is 23.0. The van der Waals surface area contributed by atoms with Crippen LogP contribution in [0.5, 0.6) is 5.75 Å². The van der Waals surface area contributed by atoms with Crippen LogP contribution in [0.4, 0.5) is 5.13 Å². The van der Waals surface area contributed by atoms with Gasteiger partial charge in [-0.15, -0.1) is 11.8 Å². The second kappa shape index (κ2) is 11.4. The maximum Gasteiger partial charge on any atom is 0.250 e. The zero-order valence-electron chi connectivity index (χ0n) is 18.0. The molecule has 0 aliphatic rings. The lowest BCUT2D eigenvalue weighted by Gasteiger charge is -2.13. The van der Waals surface area contributed by atoms with E-state index in [9.17, 15) is 4.79 Å². The van der Waals surface area contributed by atoms with E-state index < -0.39 is 0 Å². The second-order valence-electron chi connectivity index (χ2n) is 6.97. The smallest absolute Gasteiger partial charge is 0.250 e. The summed E-state index contributed by atoms with van der Waals surface area (Å²) in [4.78, 5) is 19.0. The summed E-state index contributed by atoms with van der Waals surface area (Å²) in [5.41, 5.74) is 1.71. The highest BCUT2D eigenvalue weighted by Crippen LogP contribution is 2.32. The zero-order valence-corrected chi connectivity index (χ0v) is 21.2. The lowest BCUT2D eigenvalue weighted by molar-refractivity contribution is -0.118. The molecular formula is C25H22BrN3O2S2. The van der Waals surface area contributed by atoms with Gasteiger partial charge in [-0.3, -0.25) is 4.79 Å². The summed E-state index contributed by atoms with van der Waals surface area (Å²) in [6, 6.07) is 23.6. The summed E-state index contributed by atoms with van der Waals surface area (Å²) in [5, 5.41) is 6.50. The van der Waals surface area contributed by atoms with Crippen LogP contribution in [0.2, 0.25) is 0 Å². The van der Waals surface area contributed by atoms with Crippen LogP contribution in [0.3, 0.4) is 0 Å². The fraction of sp³-hybridized carbons (Fsp3) is 0.160. The van der Waals surface area contributed by atoms with Crippen LogP contribution in [0.1, 0.15) is 18.9 Å². The van der Waals surface area contributed by atoms with Crippen molar-refractivity contribution in [3.05, 3.63) is 82.8 Å². The highest BCUT2D eigenvalue weighted by atomic mass is 79.9. The van der Waals surface area contributed by atoms with Gasteiger partial charge < -0.3 is 4.74 Å². The van der Waals surface area contributed by atoms with E-state index in [2.05, 4.69) is 26.0 Å².